The maximum atomic E-state index is 11.8. The quantitative estimate of drug-likeness (QED) is 0.764. The van der Waals surface area contributed by atoms with Crippen molar-refractivity contribution in [3.8, 4) is 5.75 Å². The molecule has 0 saturated heterocycles. The van der Waals surface area contributed by atoms with Gasteiger partial charge in [0, 0.05) is 10.9 Å². The average molecular weight is 352 g/mol. The number of ether oxygens (including phenoxy) is 1. The zero-order valence-electron chi connectivity index (χ0n) is 11.8. The van der Waals surface area contributed by atoms with Gasteiger partial charge in [0.25, 0.3) is 0 Å². The highest BCUT2D eigenvalue weighted by molar-refractivity contribution is 9.10. The van der Waals surface area contributed by atoms with Gasteiger partial charge in [0.1, 0.15) is 11.5 Å². The van der Waals surface area contributed by atoms with Crippen LogP contribution in [0.3, 0.4) is 0 Å². The third-order valence-electron chi connectivity index (χ3n) is 2.98. The number of amides is 1. The molecule has 0 aliphatic heterocycles. The van der Waals surface area contributed by atoms with Crippen molar-refractivity contribution in [1.29, 1.82) is 0 Å². The third-order valence-corrected chi connectivity index (χ3v) is 3.51. The molecular weight excluding hydrogens is 334 g/mol. The number of carbonyl (C=O) groups excluding carboxylic acids is 1. The third kappa shape index (κ3) is 5.27. The number of hydrogen-bond acceptors (Lipinski definition) is 3. The molecule has 5 heteroatoms. The van der Waals surface area contributed by atoms with E-state index >= 15 is 0 Å². The molecule has 4 nitrogen and oxygen atoms in total. The lowest BCUT2D eigenvalue weighted by Crippen LogP contribution is -2.26. The van der Waals surface area contributed by atoms with Gasteiger partial charge in [0.05, 0.1) is 18.9 Å². The van der Waals surface area contributed by atoms with Crippen molar-refractivity contribution < 1.29 is 13.9 Å². The molecule has 0 fully saturated rings. The molecule has 1 N–H and O–H groups in total. The molecule has 1 amide bonds. The fourth-order valence-corrected chi connectivity index (χ4v) is 2.14. The zero-order valence-corrected chi connectivity index (χ0v) is 13.4. The summed E-state index contributed by atoms with van der Waals surface area (Å²) in [5.41, 5.74) is 0. The molecule has 0 aliphatic carbocycles. The molecule has 0 aliphatic rings. The summed E-state index contributed by atoms with van der Waals surface area (Å²) in [5, 5.41) is 2.89. The van der Waals surface area contributed by atoms with Crippen LogP contribution in [-0.2, 0) is 4.79 Å². The van der Waals surface area contributed by atoms with Crippen LogP contribution in [0.5, 0.6) is 5.75 Å². The monoisotopic (exact) mass is 351 g/mol. The first kappa shape index (κ1) is 15.6. The number of hydrogen-bond donors (Lipinski definition) is 1. The van der Waals surface area contributed by atoms with Crippen LogP contribution in [0.4, 0.5) is 0 Å². The minimum atomic E-state index is -0.111. The Morgan fingerprint density at radius 2 is 2.10 bits per heavy atom. The smallest absolute Gasteiger partial charge is 0.220 e. The molecular formula is C16H18BrNO3. The van der Waals surface area contributed by atoms with Gasteiger partial charge in [-0.25, -0.2) is 0 Å². The molecule has 112 valence electrons. The molecule has 0 radical (unpaired) electrons. The normalized spacial score (nSPS) is 11.9. The summed E-state index contributed by atoms with van der Waals surface area (Å²) in [4.78, 5) is 11.8. The van der Waals surface area contributed by atoms with Gasteiger partial charge >= 0.3 is 0 Å². The number of nitrogens with one attached hydrogen (secondary N) is 1. The Bertz CT molecular complexity index is 551. The molecule has 1 atom stereocenters. The van der Waals surface area contributed by atoms with Gasteiger partial charge in [-0.1, -0.05) is 15.9 Å². The summed E-state index contributed by atoms with van der Waals surface area (Å²) < 4.78 is 11.8. The topological polar surface area (TPSA) is 51.5 Å². The first-order chi connectivity index (χ1) is 10.1. The SMILES string of the molecule is C[C@@H](NC(=O)CCCOc1ccc(Br)cc1)c1ccco1. The van der Waals surface area contributed by atoms with Crippen molar-refractivity contribution >= 4 is 21.8 Å². The van der Waals surface area contributed by atoms with Gasteiger partial charge in [-0.05, 0) is 49.7 Å². The highest BCUT2D eigenvalue weighted by atomic mass is 79.9. The minimum absolute atomic E-state index is 0.00157. The van der Waals surface area contributed by atoms with Crippen molar-refractivity contribution in [2.24, 2.45) is 0 Å². The summed E-state index contributed by atoms with van der Waals surface area (Å²) in [5.74, 6) is 1.57. The van der Waals surface area contributed by atoms with Crippen molar-refractivity contribution in [1.82, 2.24) is 5.32 Å². The number of benzene rings is 1. The first-order valence-electron chi connectivity index (χ1n) is 6.86. The van der Waals surface area contributed by atoms with Gasteiger partial charge < -0.3 is 14.5 Å². The molecule has 1 aromatic heterocycles. The Hall–Kier alpha value is -1.75. The van der Waals surface area contributed by atoms with Crippen molar-refractivity contribution in [2.75, 3.05) is 6.61 Å². The summed E-state index contributed by atoms with van der Waals surface area (Å²) in [6.07, 6.45) is 2.71. The number of carbonyl (C=O) groups is 1. The number of furan rings is 1. The molecule has 21 heavy (non-hydrogen) atoms. The van der Waals surface area contributed by atoms with Gasteiger partial charge in [-0.2, -0.15) is 0 Å². The van der Waals surface area contributed by atoms with Crippen LogP contribution in [0.25, 0.3) is 0 Å². The Morgan fingerprint density at radius 1 is 1.33 bits per heavy atom. The van der Waals surface area contributed by atoms with Gasteiger partial charge in [0.2, 0.25) is 5.91 Å². The summed E-state index contributed by atoms with van der Waals surface area (Å²) >= 11 is 3.37. The highest BCUT2D eigenvalue weighted by Crippen LogP contribution is 2.16. The molecule has 0 unspecified atom stereocenters. The average Bonchev–Trinajstić information content (AvgIpc) is 3.00. The van der Waals surface area contributed by atoms with Crippen LogP contribution in [0.1, 0.15) is 31.6 Å². The van der Waals surface area contributed by atoms with E-state index in [9.17, 15) is 4.79 Å². The molecule has 1 heterocycles. The molecule has 0 bridgehead atoms. The van der Waals surface area contributed by atoms with Crippen LogP contribution < -0.4 is 10.1 Å². The lowest BCUT2D eigenvalue weighted by Gasteiger charge is -2.11. The van der Waals surface area contributed by atoms with Crippen LogP contribution in [0, 0.1) is 0 Å². The van der Waals surface area contributed by atoms with Gasteiger partial charge in [-0.15, -0.1) is 0 Å². The van der Waals surface area contributed by atoms with E-state index < -0.39 is 0 Å². The lowest BCUT2D eigenvalue weighted by molar-refractivity contribution is -0.122. The van der Waals surface area contributed by atoms with Crippen molar-refractivity contribution in [2.45, 2.75) is 25.8 Å². The van der Waals surface area contributed by atoms with Crippen molar-refractivity contribution in [3.05, 3.63) is 52.9 Å². The molecule has 2 rings (SSSR count). The van der Waals surface area contributed by atoms with E-state index in [0.29, 0.717) is 19.4 Å². The van der Waals surface area contributed by atoms with Gasteiger partial charge in [0.15, 0.2) is 0 Å². The minimum Gasteiger partial charge on any atom is -0.494 e. The van der Waals surface area contributed by atoms with Gasteiger partial charge in [-0.3, -0.25) is 4.79 Å². The maximum Gasteiger partial charge on any atom is 0.220 e. The molecule has 2 aromatic rings. The predicted molar refractivity (Wildman–Crippen MR) is 84.1 cm³/mol. The van der Waals surface area contributed by atoms with Crippen LogP contribution in [0.2, 0.25) is 0 Å². The van der Waals surface area contributed by atoms with E-state index in [1.165, 1.54) is 0 Å². The molecule has 0 spiro atoms. The second kappa shape index (κ2) is 7.88. The standard InChI is InChI=1S/C16H18BrNO3/c1-12(15-4-2-11-21-15)18-16(19)5-3-10-20-14-8-6-13(17)7-9-14/h2,4,6-9,11-12H,3,5,10H2,1H3,(H,18,19)/t12-/m1/s1. The first-order valence-corrected chi connectivity index (χ1v) is 7.65. The maximum absolute atomic E-state index is 11.8. The Labute approximate surface area is 132 Å². The largest absolute Gasteiger partial charge is 0.494 e. The van der Waals surface area contributed by atoms with Crippen LogP contribution in [-0.4, -0.2) is 12.5 Å². The van der Waals surface area contributed by atoms with Crippen molar-refractivity contribution in [3.63, 3.8) is 0 Å². The fraction of sp³-hybridized carbons (Fsp3) is 0.312. The fourth-order valence-electron chi connectivity index (χ4n) is 1.88. The Kier molecular flexibility index (Phi) is 5.87. The lowest BCUT2D eigenvalue weighted by atomic mass is 10.2. The predicted octanol–water partition coefficient (Wildman–Crippen LogP) is 4.08. The zero-order chi connectivity index (χ0) is 15.1. The van der Waals surface area contributed by atoms with E-state index in [1.54, 1.807) is 6.26 Å². The second-order valence-electron chi connectivity index (χ2n) is 4.71. The van der Waals surface area contributed by atoms with E-state index in [4.69, 9.17) is 9.15 Å². The van der Waals surface area contributed by atoms with E-state index in [0.717, 1.165) is 16.0 Å². The molecule has 1 aromatic carbocycles. The summed E-state index contributed by atoms with van der Waals surface area (Å²) in [6, 6.07) is 11.2. The number of rotatable bonds is 7. The van der Waals surface area contributed by atoms with E-state index in [1.807, 2.05) is 43.3 Å². The molecule has 0 saturated carbocycles. The van der Waals surface area contributed by atoms with Crippen LogP contribution >= 0.6 is 15.9 Å². The second-order valence-corrected chi connectivity index (χ2v) is 5.63. The highest BCUT2D eigenvalue weighted by Gasteiger charge is 2.11. The van der Waals surface area contributed by atoms with E-state index in [2.05, 4.69) is 21.2 Å². The Morgan fingerprint density at radius 3 is 2.76 bits per heavy atom. The summed E-state index contributed by atoms with van der Waals surface area (Å²) in [7, 11) is 0. The Balaban J connectivity index is 1.64. The number of halogens is 1. The summed E-state index contributed by atoms with van der Waals surface area (Å²) in [6.45, 7) is 2.42. The van der Waals surface area contributed by atoms with Crippen LogP contribution in [0.15, 0.2) is 51.6 Å². The van der Waals surface area contributed by atoms with E-state index in [-0.39, 0.29) is 11.9 Å².